The number of rotatable bonds is 8. The van der Waals surface area contributed by atoms with Crippen molar-refractivity contribution in [3.63, 3.8) is 0 Å². The number of methoxy groups -OCH3 is 1. The summed E-state index contributed by atoms with van der Waals surface area (Å²) in [6.07, 6.45) is 0. The molecule has 3 rings (SSSR count). The first-order valence-corrected chi connectivity index (χ1v) is 11.4. The molecule has 1 amide bonds. The Bertz CT molecular complexity index is 1100. The summed E-state index contributed by atoms with van der Waals surface area (Å²) in [5, 5.41) is 11.9. The number of amides is 1. The molecule has 0 aromatic heterocycles. The van der Waals surface area contributed by atoms with Crippen LogP contribution < -0.4 is 4.74 Å². The van der Waals surface area contributed by atoms with E-state index in [0.717, 1.165) is 0 Å². The lowest BCUT2D eigenvalue weighted by molar-refractivity contribution is -0.140. The molecule has 2 aromatic rings. The quantitative estimate of drug-likeness (QED) is 0.303. The van der Waals surface area contributed by atoms with E-state index in [4.69, 9.17) is 32.7 Å². The monoisotopic (exact) mass is 491 g/mol. The highest BCUT2D eigenvalue weighted by Crippen LogP contribution is 2.41. The van der Waals surface area contributed by atoms with Gasteiger partial charge in [0.05, 0.1) is 34.9 Å². The van der Waals surface area contributed by atoms with Crippen LogP contribution in [0.3, 0.4) is 0 Å². The van der Waals surface area contributed by atoms with E-state index in [1.165, 1.54) is 12.0 Å². The predicted octanol–water partition coefficient (Wildman–Crippen LogP) is 5.40. The zero-order chi connectivity index (χ0) is 24.3. The minimum absolute atomic E-state index is 0.00607. The highest BCUT2D eigenvalue weighted by molar-refractivity contribution is 6.47. The molecule has 6 nitrogen and oxygen atoms in total. The van der Waals surface area contributed by atoms with Crippen molar-refractivity contribution < 1.29 is 24.2 Å². The van der Waals surface area contributed by atoms with Crippen LogP contribution in [0.4, 0.5) is 0 Å². The van der Waals surface area contributed by atoms with E-state index in [1.54, 1.807) is 36.4 Å². The zero-order valence-corrected chi connectivity index (χ0v) is 20.5. The van der Waals surface area contributed by atoms with E-state index < -0.39 is 17.7 Å². The average Bonchev–Trinajstić information content (AvgIpc) is 3.02. The highest BCUT2D eigenvalue weighted by atomic mass is 35.5. The summed E-state index contributed by atoms with van der Waals surface area (Å²) in [5.74, 6) is -0.692. The molecule has 8 heteroatoms. The Labute approximate surface area is 203 Å². The summed E-state index contributed by atoms with van der Waals surface area (Å²) in [7, 11) is 1.51. The smallest absolute Gasteiger partial charge is 0.295 e. The van der Waals surface area contributed by atoms with Gasteiger partial charge in [0.25, 0.3) is 11.7 Å². The van der Waals surface area contributed by atoms with Crippen LogP contribution in [0.1, 0.15) is 36.6 Å². The normalized spacial score (nSPS) is 17.8. The van der Waals surface area contributed by atoms with Gasteiger partial charge < -0.3 is 19.5 Å². The molecule has 2 aromatic carbocycles. The number of aliphatic hydroxyl groups excluding tert-OH is 1. The molecule has 0 saturated carbocycles. The molecule has 1 N–H and O–H groups in total. The standard InChI is InChI=1S/C25H27Cl2NO5/c1-14(2)13-33-17-6-7-18(15(3)11-17)23(29)21-22(16-5-8-19(26)20(27)12-16)28(9-10-32-4)25(31)24(21)30/h5-8,11-12,14,22,29H,9-10,13H2,1-4H3/t22-/m0/s1. The maximum atomic E-state index is 13.1. The van der Waals surface area contributed by atoms with Gasteiger partial charge in [-0.15, -0.1) is 0 Å². The van der Waals surface area contributed by atoms with Crippen molar-refractivity contribution in [2.75, 3.05) is 26.9 Å². The second-order valence-corrected chi connectivity index (χ2v) is 9.15. The third-order valence-electron chi connectivity index (χ3n) is 5.37. The highest BCUT2D eigenvalue weighted by Gasteiger charge is 2.46. The van der Waals surface area contributed by atoms with Crippen LogP contribution in [-0.4, -0.2) is 48.6 Å². The molecule has 1 aliphatic heterocycles. The Balaban J connectivity index is 2.11. The number of aliphatic hydroxyl groups is 1. The molecule has 1 heterocycles. The van der Waals surface area contributed by atoms with Gasteiger partial charge in [0.2, 0.25) is 0 Å². The van der Waals surface area contributed by atoms with Gasteiger partial charge in [-0.1, -0.05) is 43.1 Å². The topological polar surface area (TPSA) is 76.1 Å². The summed E-state index contributed by atoms with van der Waals surface area (Å²) in [6.45, 7) is 6.88. The predicted molar refractivity (Wildman–Crippen MR) is 129 cm³/mol. The lowest BCUT2D eigenvalue weighted by atomic mass is 9.94. The van der Waals surface area contributed by atoms with E-state index >= 15 is 0 Å². The Kier molecular flexibility index (Phi) is 8.05. The number of hydrogen-bond acceptors (Lipinski definition) is 5. The van der Waals surface area contributed by atoms with E-state index in [2.05, 4.69) is 13.8 Å². The molecule has 1 saturated heterocycles. The summed E-state index contributed by atoms with van der Waals surface area (Å²) in [6, 6.07) is 9.28. The zero-order valence-electron chi connectivity index (χ0n) is 19.0. The number of nitrogens with zero attached hydrogens (tertiary/aromatic N) is 1. The molecule has 1 aliphatic rings. The third-order valence-corrected chi connectivity index (χ3v) is 6.11. The lowest BCUT2D eigenvalue weighted by Crippen LogP contribution is -2.32. The Hall–Kier alpha value is -2.54. The maximum Gasteiger partial charge on any atom is 0.295 e. The van der Waals surface area contributed by atoms with Crippen molar-refractivity contribution in [3.05, 3.63) is 68.7 Å². The first-order valence-electron chi connectivity index (χ1n) is 10.6. The average molecular weight is 492 g/mol. The van der Waals surface area contributed by atoms with Crippen LogP contribution in [-0.2, 0) is 14.3 Å². The van der Waals surface area contributed by atoms with Gasteiger partial charge in [0.1, 0.15) is 11.5 Å². The fourth-order valence-electron chi connectivity index (χ4n) is 3.73. The van der Waals surface area contributed by atoms with Crippen LogP contribution in [0.25, 0.3) is 5.76 Å². The molecule has 176 valence electrons. The Morgan fingerprint density at radius 3 is 2.45 bits per heavy atom. The first kappa shape index (κ1) is 25.1. The summed E-state index contributed by atoms with van der Waals surface area (Å²) in [5.41, 5.74) is 1.72. The lowest BCUT2D eigenvalue weighted by Gasteiger charge is -2.25. The fraction of sp³-hybridized carbons (Fsp3) is 0.360. The van der Waals surface area contributed by atoms with Crippen LogP contribution in [0.2, 0.25) is 10.0 Å². The molecule has 0 bridgehead atoms. The van der Waals surface area contributed by atoms with Gasteiger partial charge in [-0.2, -0.15) is 0 Å². The molecule has 1 atom stereocenters. The number of benzene rings is 2. The largest absolute Gasteiger partial charge is 0.507 e. The summed E-state index contributed by atoms with van der Waals surface area (Å²) >= 11 is 12.3. The molecule has 0 aliphatic carbocycles. The van der Waals surface area contributed by atoms with Crippen molar-refractivity contribution in [2.24, 2.45) is 5.92 Å². The number of aryl methyl sites for hydroxylation is 1. The molecule has 0 unspecified atom stereocenters. The number of carbonyl (C=O) groups excluding carboxylic acids is 2. The van der Waals surface area contributed by atoms with E-state index in [1.807, 2.05) is 6.92 Å². The second-order valence-electron chi connectivity index (χ2n) is 8.34. The molecule has 1 fully saturated rings. The Morgan fingerprint density at radius 1 is 1.12 bits per heavy atom. The molecule has 0 radical (unpaired) electrons. The summed E-state index contributed by atoms with van der Waals surface area (Å²) in [4.78, 5) is 27.3. The molecule has 33 heavy (non-hydrogen) atoms. The fourth-order valence-corrected chi connectivity index (χ4v) is 4.04. The van der Waals surface area contributed by atoms with Crippen molar-refractivity contribution in [1.82, 2.24) is 4.90 Å². The van der Waals surface area contributed by atoms with Crippen molar-refractivity contribution >= 4 is 40.7 Å². The van der Waals surface area contributed by atoms with Crippen molar-refractivity contribution in [3.8, 4) is 5.75 Å². The SMILES string of the molecule is COCCN1C(=O)C(=O)C(=C(O)c2ccc(OCC(C)C)cc2C)[C@@H]1c1ccc(Cl)c(Cl)c1. The summed E-state index contributed by atoms with van der Waals surface area (Å²) < 4.78 is 10.9. The van der Waals surface area contributed by atoms with Crippen molar-refractivity contribution in [1.29, 1.82) is 0 Å². The van der Waals surface area contributed by atoms with E-state index in [-0.39, 0.29) is 29.5 Å². The minimum Gasteiger partial charge on any atom is -0.507 e. The van der Waals surface area contributed by atoms with Gasteiger partial charge in [-0.05, 0) is 54.3 Å². The van der Waals surface area contributed by atoms with E-state index in [0.29, 0.717) is 40.0 Å². The maximum absolute atomic E-state index is 13.1. The van der Waals surface area contributed by atoms with Crippen LogP contribution in [0.5, 0.6) is 5.75 Å². The molecular formula is C25H27Cl2NO5. The minimum atomic E-state index is -0.828. The number of Topliss-reactive ketones (excluding diaryl/α,β-unsaturated/α-hetero) is 1. The third kappa shape index (κ3) is 5.35. The van der Waals surface area contributed by atoms with Crippen LogP contribution >= 0.6 is 23.2 Å². The Morgan fingerprint density at radius 2 is 1.85 bits per heavy atom. The van der Waals surface area contributed by atoms with Gasteiger partial charge in [0, 0.05) is 19.2 Å². The first-order chi connectivity index (χ1) is 15.6. The number of ether oxygens (including phenoxy) is 2. The van der Waals surface area contributed by atoms with Crippen LogP contribution in [0.15, 0.2) is 42.0 Å². The second kappa shape index (κ2) is 10.6. The number of carbonyl (C=O) groups is 2. The van der Waals surface area contributed by atoms with E-state index in [9.17, 15) is 14.7 Å². The number of hydrogen-bond donors (Lipinski definition) is 1. The van der Waals surface area contributed by atoms with Gasteiger partial charge in [-0.3, -0.25) is 9.59 Å². The van der Waals surface area contributed by atoms with Crippen LogP contribution in [0, 0.1) is 12.8 Å². The van der Waals surface area contributed by atoms with Gasteiger partial charge >= 0.3 is 0 Å². The number of likely N-dealkylation sites (tertiary alicyclic amines) is 1. The van der Waals surface area contributed by atoms with Gasteiger partial charge in [-0.25, -0.2) is 0 Å². The number of ketones is 1. The van der Waals surface area contributed by atoms with Crippen molar-refractivity contribution in [2.45, 2.75) is 26.8 Å². The van der Waals surface area contributed by atoms with Gasteiger partial charge in [0.15, 0.2) is 0 Å². The molecular weight excluding hydrogens is 465 g/mol. The molecule has 0 spiro atoms. The number of halogens is 2.